The number of H-pyrrole nitrogens is 1. The van der Waals surface area contributed by atoms with Gasteiger partial charge in [0.05, 0.1) is 23.3 Å². The molecule has 0 fully saturated rings. The van der Waals surface area contributed by atoms with E-state index < -0.39 is 11.9 Å². The van der Waals surface area contributed by atoms with Crippen LogP contribution in [0.5, 0.6) is 0 Å². The lowest BCUT2D eigenvalue weighted by atomic mass is 10.1. The van der Waals surface area contributed by atoms with Gasteiger partial charge in [-0.15, -0.1) is 0 Å². The van der Waals surface area contributed by atoms with Crippen LogP contribution >= 0.6 is 0 Å². The number of halogens is 1. The van der Waals surface area contributed by atoms with Gasteiger partial charge in [-0.2, -0.15) is 9.49 Å². The van der Waals surface area contributed by atoms with Crippen LogP contribution in [-0.4, -0.2) is 21.1 Å². The van der Waals surface area contributed by atoms with E-state index in [0.29, 0.717) is 17.1 Å². The van der Waals surface area contributed by atoms with Crippen molar-refractivity contribution >= 4 is 17.3 Å². The van der Waals surface area contributed by atoms with E-state index in [1.807, 2.05) is 13.8 Å². The lowest BCUT2D eigenvalue weighted by Gasteiger charge is -2.04. The molecule has 0 aromatic carbocycles. The molecular weight excluding hydrogens is 249 g/mol. The largest absolute Gasteiger partial charge is 0.395 e. The highest BCUT2D eigenvalue weighted by molar-refractivity contribution is 6.06. The summed E-state index contributed by atoms with van der Waals surface area (Å²) < 4.78 is 12.6. The number of hydrogen-bond donors (Lipinski definition) is 3. The normalized spacial score (nSPS) is 10.7. The maximum Gasteiger partial charge on any atom is 0.278 e. The molecule has 19 heavy (non-hydrogen) atoms. The maximum atomic E-state index is 12.6. The van der Waals surface area contributed by atoms with Gasteiger partial charge in [0.2, 0.25) is 5.95 Å². The Labute approximate surface area is 109 Å². The van der Waals surface area contributed by atoms with E-state index in [9.17, 15) is 9.18 Å². The van der Waals surface area contributed by atoms with E-state index in [-0.39, 0.29) is 11.6 Å². The molecule has 1 amide bonds. The number of anilines is 2. The second-order valence-corrected chi connectivity index (χ2v) is 4.38. The van der Waals surface area contributed by atoms with Gasteiger partial charge in [0, 0.05) is 0 Å². The summed E-state index contributed by atoms with van der Waals surface area (Å²) in [5.41, 5.74) is 7.38. The summed E-state index contributed by atoms with van der Waals surface area (Å²) >= 11 is 0. The van der Waals surface area contributed by atoms with Crippen LogP contribution in [0.2, 0.25) is 0 Å². The molecule has 7 heteroatoms. The first-order valence-electron chi connectivity index (χ1n) is 5.75. The monoisotopic (exact) mass is 263 g/mol. The Kier molecular flexibility index (Phi) is 3.46. The van der Waals surface area contributed by atoms with Gasteiger partial charge in [-0.3, -0.25) is 9.89 Å². The van der Waals surface area contributed by atoms with Crippen molar-refractivity contribution in [1.82, 2.24) is 15.2 Å². The quantitative estimate of drug-likeness (QED) is 0.737. The Bertz CT molecular complexity index is 591. The predicted octanol–water partition coefficient (Wildman–Crippen LogP) is 1.90. The van der Waals surface area contributed by atoms with Crippen molar-refractivity contribution in [2.45, 2.75) is 19.8 Å². The van der Waals surface area contributed by atoms with Crippen molar-refractivity contribution in [3.8, 4) is 0 Å². The second kappa shape index (κ2) is 5.05. The van der Waals surface area contributed by atoms with Crippen molar-refractivity contribution in [1.29, 1.82) is 0 Å². The first-order chi connectivity index (χ1) is 8.99. The third-order valence-electron chi connectivity index (χ3n) is 2.61. The zero-order valence-electron chi connectivity index (χ0n) is 10.6. The molecule has 2 aromatic heterocycles. The highest BCUT2D eigenvalue weighted by Crippen LogP contribution is 2.22. The van der Waals surface area contributed by atoms with E-state index >= 15 is 0 Å². The fourth-order valence-electron chi connectivity index (χ4n) is 1.62. The fourth-order valence-corrected chi connectivity index (χ4v) is 1.62. The average molecular weight is 263 g/mol. The molecule has 0 aliphatic heterocycles. The summed E-state index contributed by atoms with van der Waals surface area (Å²) in [6.07, 6.45) is 1.22. The Hall–Kier alpha value is -2.44. The third-order valence-corrected chi connectivity index (χ3v) is 2.61. The van der Waals surface area contributed by atoms with Crippen molar-refractivity contribution in [3.05, 3.63) is 35.7 Å². The number of carbonyl (C=O) groups excluding carboxylic acids is 1. The fraction of sp³-hybridized carbons (Fsp3) is 0.250. The Morgan fingerprint density at radius 2 is 2.21 bits per heavy atom. The lowest BCUT2D eigenvalue weighted by Crippen LogP contribution is -2.14. The summed E-state index contributed by atoms with van der Waals surface area (Å²) in [5, 5.41) is 9.18. The molecule has 2 aromatic rings. The molecule has 6 nitrogen and oxygen atoms in total. The van der Waals surface area contributed by atoms with Crippen LogP contribution in [0.25, 0.3) is 0 Å². The van der Waals surface area contributed by atoms with Gasteiger partial charge in [-0.1, -0.05) is 13.8 Å². The summed E-state index contributed by atoms with van der Waals surface area (Å²) in [5.74, 6) is -0.935. The van der Waals surface area contributed by atoms with Crippen LogP contribution in [0.3, 0.4) is 0 Å². The minimum atomic E-state index is -0.612. The lowest BCUT2D eigenvalue weighted by molar-refractivity contribution is 0.102. The van der Waals surface area contributed by atoms with Crippen LogP contribution in [0, 0.1) is 5.95 Å². The van der Waals surface area contributed by atoms with Gasteiger partial charge >= 0.3 is 0 Å². The van der Waals surface area contributed by atoms with Crippen LogP contribution in [0.4, 0.5) is 15.8 Å². The molecule has 0 bridgehead atoms. The number of carbonyl (C=O) groups is 1. The van der Waals surface area contributed by atoms with Crippen molar-refractivity contribution in [3.63, 3.8) is 0 Å². The molecule has 0 aliphatic rings. The van der Waals surface area contributed by atoms with Gasteiger partial charge in [0.15, 0.2) is 5.69 Å². The van der Waals surface area contributed by atoms with Crippen LogP contribution < -0.4 is 11.1 Å². The van der Waals surface area contributed by atoms with Crippen LogP contribution in [-0.2, 0) is 0 Å². The van der Waals surface area contributed by atoms with E-state index in [0.717, 1.165) is 6.07 Å². The predicted molar refractivity (Wildman–Crippen MR) is 69.2 cm³/mol. The maximum absolute atomic E-state index is 12.6. The Balaban J connectivity index is 2.18. The minimum absolute atomic E-state index is 0.119. The molecule has 0 spiro atoms. The SMILES string of the molecule is CC(C)c1[nH]nc(C(=O)Nc2ccc(F)nc2)c1N. The van der Waals surface area contributed by atoms with Gasteiger partial charge in [-0.25, -0.2) is 4.98 Å². The smallest absolute Gasteiger partial charge is 0.278 e. The number of aromatic amines is 1. The molecule has 0 atom stereocenters. The van der Waals surface area contributed by atoms with E-state index in [1.54, 1.807) is 0 Å². The van der Waals surface area contributed by atoms with Crippen LogP contribution in [0.1, 0.15) is 35.9 Å². The summed E-state index contributed by atoms with van der Waals surface area (Å²) in [7, 11) is 0. The molecular formula is C12H14FN5O. The topological polar surface area (TPSA) is 96.7 Å². The molecule has 2 rings (SSSR count). The average Bonchev–Trinajstić information content (AvgIpc) is 2.74. The molecule has 2 heterocycles. The summed E-state index contributed by atoms with van der Waals surface area (Å²) in [6.45, 7) is 3.88. The van der Waals surface area contributed by atoms with Gasteiger partial charge in [0.25, 0.3) is 5.91 Å². The third kappa shape index (κ3) is 2.70. The molecule has 0 aliphatic carbocycles. The zero-order chi connectivity index (χ0) is 14.0. The zero-order valence-corrected chi connectivity index (χ0v) is 10.6. The van der Waals surface area contributed by atoms with E-state index in [1.165, 1.54) is 12.3 Å². The van der Waals surface area contributed by atoms with Gasteiger partial charge < -0.3 is 11.1 Å². The summed E-state index contributed by atoms with van der Waals surface area (Å²) in [4.78, 5) is 15.4. The van der Waals surface area contributed by atoms with Gasteiger partial charge in [-0.05, 0) is 18.1 Å². The number of rotatable bonds is 3. The minimum Gasteiger partial charge on any atom is -0.395 e. The van der Waals surface area contributed by atoms with Crippen molar-refractivity contribution in [2.75, 3.05) is 11.1 Å². The molecule has 4 N–H and O–H groups in total. The molecule has 0 radical (unpaired) electrons. The number of aromatic nitrogens is 3. The Morgan fingerprint density at radius 1 is 1.47 bits per heavy atom. The number of nitrogens with zero attached hydrogens (tertiary/aromatic N) is 2. The van der Waals surface area contributed by atoms with E-state index in [4.69, 9.17) is 5.73 Å². The number of amides is 1. The first kappa shape index (κ1) is 13.0. The highest BCUT2D eigenvalue weighted by Gasteiger charge is 2.18. The van der Waals surface area contributed by atoms with E-state index in [2.05, 4.69) is 20.5 Å². The van der Waals surface area contributed by atoms with Crippen LogP contribution in [0.15, 0.2) is 18.3 Å². The number of nitrogen functional groups attached to an aromatic ring is 1. The van der Waals surface area contributed by atoms with Crippen molar-refractivity contribution in [2.24, 2.45) is 0 Å². The molecule has 0 saturated carbocycles. The summed E-state index contributed by atoms with van der Waals surface area (Å²) in [6, 6.07) is 2.56. The molecule has 100 valence electrons. The molecule has 0 saturated heterocycles. The second-order valence-electron chi connectivity index (χ2n) is 4.38. The van der Waals surface area contributed by atoms with Gasteiger partial charge in [0.1, 0.15) is 0 Å². The number of nitrogens with two attached hydrogens (primary N) is 1. The van der Waals surface area contributed by atoms with Crippen molar-refractivity contribution < 1.29 is 9.18 Å². The number of hydrogen-bond acceptors (Lipinski definition) is 4. The first-order valence-corrected chi connectivity index (χ1v) is 5.75. The highest BCUT2D eigenvalue weighted by atomic mass is 19.1. The number of pyridine rings is 1. The standard InChI is InChI=1S/C12H14FN5O/c1-6(2)10-9(14)11(18-17-10)12(19)16-7-3-4-8(13)15-5-7/h3-6H,14H2,1-2H3,(H,16,19)(H,17,18). The Morgan fingerprint density at radius 3 is 2.74 bits per heavy atom. The molecule has 0 unspecified atom stereocenters. The number of nitrogens with one attached hydrogen (secondary N) is 2.